The van der Waals surface area contributed by atoms with Gasteiger partial charge in [0.25, 0.3) is 0 Å². The minimum atomic E-state index is -0.403. The van der Waals surface area contributed by atoms with Gasteiger partial charge in [0.15, 0.2) is 23.9 Å². The maximum absolute atomic E-state index is 8.80. The number of hydrogen-bond donors (Lipinski definition) is 2. The van der Waals surface area contributed by atoms with Gasteiger partial charge in [0.1, 0.15) is 5.82 Å². The maximum atomic E-state index is 8.80. The Hall–Kier alpha value is -2.06. The van der Waals surface area contributed by atoms with Crippen molar-refractivity contribution in [3.8, 4) is 0 Å². The number of rotatable bonds is 11. The summed E-state index contributed by atoms with van der Waals surface area (Å²) in [6.07, 6.45) is 24.1. The van der Waals surface area contributed by atoms with Crippen molar-refractivity contribution in [2.75, 3.05) is 23.9 Å². The van der Waals surface area contributed by atoms with Gasteiger partial charge in [-0.15, -0.1) is 0 Å². The second-order valence-corrected chi connectivity index (χ2v) is 12.7. The lowest BCUT2D eigenvalue weighted by Crippen LogP contribution is -2.37. The van der Waals surface area contributed by atoms with E-state index in [2.05, 4.69) is 63.8 Å². The lowest BCUT2D eigenvalue weighted by molar-refractivity contribution is 0.154. The van der Waals surface area contributed by atoms with Crippen LogP contribution in [0.2, 0.25) is 0 Å². The highest BCUT2D eigenvalue weighted by molar-refractivity contribution is 7.25. The molecule has 0 spiro atoms. The van der Waals surface area contributed by atoms with Crippen LogP contribution in [0.5, 0.6) is 0 Å². The zero-order chi connectivity index (χ0) is 33.6. The third-order valence-corrected chi connectivity index (χ3v) is 9.59. The molecule has 2 N–H and O–H groups in total. The molecule has 3 fully saturated rings. The van der Waals surface area contributed by atoms with Gasteiger partial charge in [0.2, 0.25) is 5.95 Å². The SMILES string of the molecule is C1CCC1.C=Cc1ccnc(N(C)C2CCC(OPO)CC2)n1.C=Cc1nccc(N(C)C2CCC(OPO)CC2)n1.CCCC. The standard InChI is InChI=1S/2C13H20N3O2P.C4H8.C4H10/c1-3-12-14-9-8-13(15-12)16(2)10-4-6-11(7-5-10)18-19-17;1-3-10-8-9-14-13(15-10)16(2)11-4-6-12(7-5-11)18-19-17;1-2-4-3-1;1-3-4-2/h3,8-11,17,19H,1,4-7H2,2H3;3,8-9,11-12,17,19H,1,4-7H2,2H3;1-4H2;3-4H2,1-2H3. The Kier molecular flexibility index (Phi) is 21.0. The fraction of sp³-hybridized carbons (Fsp3) is 0.647. The number of nitrogens with zero attached hydrogens (tertiary/aromatic N) is 6. The van der Waals surface area contributed by atoms with Crippen LogP contribution in [0.3, 0.4) is 0 Å². The van der Waals surface area contributed by atoms with Crippen LogP contribution in [0.1, 0.15) is 115 Å². The molecule has 46 heavy (non-hydrogen) atoms. The second-order valence-electron chi connectivity index (χ2n) is 11.9. The summed E-state index contributed by atoms with van der Waals surface area (Å²) in [5.74, 6) is 2.33. The zero-order valence-corrected chi connectivity index (χ0v) is 30.5. The molecule has 5 rings (SSSR count). The Morgan fingerprint density at radius 1 is 0.739 bits per heavy atom. The van der Waals surface area contributed by atoms with Crippen molar-refractivity contribution in [3.63, 3.8) is 0 Å². The van der Waals surface area contributed by atoms with Gasteiger partial charge in [0, 0.05) is 38.6 Å². The fourth-order valence-electron chi connectivity index (χ4n) is 5.15. The van der Waals surface area contributed by atoms with Crippen LogP contribution >= 0.6 is 18.1 Å². The highest BCUT2D eigenvalue weighted by Gasteiger charge is 2.26. The molecule has 2 aromatic rings. The molecule has 2 aromatic heterocycles. The number of aromatic nitrogens is 4. The first-order valence-electron chi connectivity index (χ1n) is 16.9. The molecule has 0 aliphatic heterocycles. The van der Waals surface area contributed by atoms with E-state index in [0.29, 0.717) is 17.9 Å². The van der Waals surface area contributed by atoms with E-state index in [0.717, 1.165) is 68.8 Å². The van der Waals surface area contributed by atoms with Crippen LogP contribution in [0, 0.1) is 0 Å². The lowest BCUT2D eigenvalue weighted by Gasteiger charge is -2.34. The van der Waals surface area contributed by atoms with Crippen LogP contribution in [-0.4, -0.2) is 68.1 Å². The molecule has 0 saturated heterocycles. The smallest absolute Gasteiger partial charge is 0.225 e. The van der Waals surface area contributed by atoms with Crippen LogP contribution < -0.4 is 9.80 Å². The predicted molar refractivity (Wildman–Crippen MR) is 195 cm³/mol. The monoisotopic (exact) mass is 676 g/mol. The lowest BCUT2D eigenvalue weighted by atomic mass is 9.92. The van der Waals surface area contributed by atoms with Gasteiger partial charge in [-0.3, -0.25) is 0 Å². The van der Waals surface area contributed by atoms with E-state index < -0.39 is 18.1 Å². The molecule has 2 unspecified atom stereocenters. The topological polar surface area (TPSA) is 117 Å². The van der Waals surface area contributed by atoms with E-state index in [1.165, 1.54) is 38.5 Å². The number of hydrogen-bond acceptors (Lipinski definition) is 10. The van der Waals surface area contributed by atoms with Gasteiger partial charge in [-0.2, -0.15) is 0 Å². The quantitative estimate of drug-likeness (QED) is 0.226. The van der Waals surface area contributed by atoms with Gasteiger partial charge in [-0.1, -0.05) is 65.5 Å². The van der Waals surface area contributed by atoms with Crippen molar-refractivity contribution in [2.45, 2.75) is 128 Å². The molecular weight excluding hydrogens is 618 g/mol. The molecule has 12 heteroatoms. The van der Waals surface area contributed by atoms with Crippen LogP contribution in [-0.2, 0) is 9.05 Å². The first kappa shape index (κ1) is 40.1. The molecule has 0 bridgehead atoms. The molecule has 2 atom stereocenters. The van der Waals surface area contributed by atoms with Crippen LogP contribution in [0.15, 0.2) is 37.7 Å². The minimum Gasteiger partial charge on any atom is -0.357 e. The average molecular weight is 677 g/mol. The fourth-order valence-corrected chi connectivity index (χ4v) is 5.92. The summed E-state index contributed by atoms with van der Waals surface area (Å²) in [4.78, 5) is 39.3. The van der Waals surface area contributed by atoms with E-state index in [4.69, 9.17) is 18.8 Å². The highest BCUT2D eigenvalue weighted by Crippen LogP contribution is 2.30. The van der Waals surface area contributed by atoms with E-state index >= 15 is 0 Å². The molecule has 3 aliphatic rings. The summed E-state index contributed by atoms with van der Waals surface area (Å²) >= 11 is 0. The van der Waals surface area contributed by atoms with E-state index in [-0.39, 0.29) is 12.2 Å². The summed E-state index contributed by atoms with van der Waals surface area (Å²) < 4.78 is 10.6. The summed E-state index contributed by atoms with van der Waals surface area (Å²) in [5, 5.41) is 0. The summed E-state index contributed by atoms with van der Waals surface area (Å²) in [7, 11) is 3.29. The number of unbranched alkanes of at least 4 members (excludes halogenated alkanes) is 1. The Labute approximate surface area is 281 Å². The van der Waals surface area contributed by atoms with Crippen LogP contribution in [0.25, 0.3) is 12.2 Å². The third kappa shape index (κ3) is 14.8. The van der Waals surface area contributed by atoms with Gasteiger partial charge >= 0.3 is 0 Å². The highest BCUT2D eigenvalue weighted by atomic mass is 31.1. The third-order valence-electron chi connectivity index (χ3n) is 8.71. The molecule has 0 amide bonds. The van der Waals surface area contributed by atoms with E-state index in [9.17, 15) is 0 Å². The summed E-state index contributed by atoms with van der Waals surface area (Å²) in [6, 6.07) is 4.67. The Morgan fingerprint density at radius 2 is 1.24 bits per heavy atom. The Balaban J connectivity index is 0.000000258. The van der Waals surface area contributed by atoms with Crippen molar-refractivity contribution in [3.05, 3.63) is 49.2 Å². The normalized spacial score (nSPS) is 22.3. The van der Waals surface area contributed by atoms with Crippen molar-refractivity contribution < 1.29 is 18.8 Å². The van der Waals surface area contributed by atoms with Gasteiger partial charge < -0.3 is 28.6 Å². The molecular formula is C34H58N6O4P2. The second kappa shape index (κ2) is 24.1. The molecule has 10 nitrogen and oxygen atoms in total. The van der Waals surface area contributed by atoms with Crippen LogP contribution in [0.4, 0.5) is 11.8 Å². The largest absolute Gasteiger partial charge is 0.357 e. The maximum Gasteiger partial charge on any atom is 0.225 e. The summed E-state index contributed by atoms with van der Waals surface area (Å²) in [5.41, 5.74) is 0.843. The molecule has 0 radical (unpaired) electrons. The van der Waals surface area contributed by atoms with Gasteiger partial charge in [-0.25, -0.2) is 19.9 Å². The van der Waals surface area contributed by atoms with Gasteiger partial charge in [0.05, 0.1) is 17.9 Å². The van der Waals surface area contributed by atoms with Crippen molar-refractivity contribution >= 4 is 42.0 Å². The Bertz CT molecular complexity index is 1010. The molecule has 3 aliphatic carbocycles. The molecule has 2 heterocycles. The summed E-state index contributed by atoms with van der Waals surface area (Å²) in [6.45, 7) is 11.8. The van der Waals surface area contributed by atoms with Gasteiger partial charge in [-0.05, 0) is 75.7 Å². The minimum absolute atomic E-state index is 0.202. The van der Waals surface area contributed by atoms with Crippen molar-refractivity contribution in [1.29, 1.82) is 0 Å². The molecule has 0 aromatic carbocycles. The Morgan fingerprint density at radius 3 is 1.67 bits per heavy atom. The zero-order valence-electron chi connectivity index (χ0n) is 28.5. The van der Waals surface area contributed by atoms with Crippen molar-refractivity contribution in [2.24, 2.45) is 0 Å². The predicted octanol–water partition coefficient (Wildman–Crippen LogP) is 8.14. The van der Waals surface area contributed by atoms with Crippen molar-refractivity contribution in [1.82, 2.24) is 19.9 Å². The van der Waals surface area contributed by atoms with E-state index in [1.54, 1.807) is 24.5 Å². The number of anilines is 2. The molecule has 3 saturated carbocycles. The first-order valence-corrected chi connectivity index (χ1v) is 18.6. The van der Waals surface area contributed by atoms with E-state index in [1.807, 2.05) is 19.2 Å². The average Bonchev–Trinajstić information content (AvgIpc) is 3.08. The molecule has 258 valence electrons. The first-order chi connectivity index (χ1) is 22.4.